The zero-order valence-corrected chi connectivity index (χ0v) is 19.5. The van der Waals surface area contributed by atoms with Gasteiger partial charge in [0.15, 0.2) is 11.7 Å². The summed E-state index contributed by atoms with van der Waals surface area (Å²) in [6.07, 6.45) is -1.36. The fourth-order valence-corrected chi connectivity index (χ4v) is 3.88. The molecular weight excluding hydrogens is 474 g/mol. The molecule has 0 aliphatic rings. The molecule has 3 aromatic rings. The van der Waals surface area contributed by atoms with Gasteiger partial charge in [-0.15, -0.1) is 0 Å². The van der Waals surface area contributed by atoms with E-state index < -0.39 is 28.8 Å². The van der Waals surface area contributed by atoms with Crippen molar-refractivity contribution in [2.45, 2.75) is 17.4 Å². The van der Waals surface area contributed by atoms with Crippen molar-refractivity contribution in [2.75, 3.05) is 6.73 Å². The highest BCUT2D eigenvalue weighted by Crippen LogP contribution is 2.23. The lowest BCUT2D eigenvalue weighted by Gasteiger charge is -2.12. The summed E-state index contributed by atoms with van der Waals surface area (Å²) in [7, 11) is -3.90. The van der Waals surface area contributed by atoms with Crippen LogP contribution in [0.4, 0.5) is 0 Å². The molecule has 9 heteroatoms. The topological polar surface area (TPSA) is 102 Å². The second-order valence-electron chi connectivity index (χ2n) is 6.92. The molecule has 3 rings (SSSR count). The second kappa shape index (κ2) is 12.1. The molecular formula is C25H21NO6S2. The summed E-state index contributed by atoms with van der Waals surface area (Å²) in [6, 6.07) is 22.5. The van der Waals surface area contributed by atoms with Crippen LogP contribution in [0.2, 0.25) is 0 Å². The molecule has 0 amide bonds. The highest BCUT2D eigenvalue weighted by molar-refractivity contribution is 7.89. The summed E-state index contributed by atoms with van der Waals surface area (Å²) in [5.41, 5.74) is 3.60. The van der Waals surface area contributed by atoms with Gasteiger partial charge >= 0.3 is 5.97 Å². The van der Waals surface area contributed by atoms with Crippen molar-refractivity contribution in [3.05, 3.63) is 84.4 Å². The normalized spacial score (nSPS) is 11.6. The highest BCUT2D eigenvalue weighted by atomic mass is 32.2. The molecule has 34 heavy (non-hydrogen) atoms. The maximum atomic E-state index is 12.6. The minimum atomic E-state index is -3.90. The van der Waals surface area contributed by atoms with Crippen molar-refractivity contribution >= 4 is 33.8 Å². The Morgan fingerprint density at radius 1 is 1.00 bits per heavy atom. The number of carbonyl (C=O) groups is 1. The number of carboxylic acids is 1. The number of hydrogen-bond donors (Lipinski definition) is 2. The summed E-state index contributed by atoms with van der Waals surface area (Å²) in [5.74, 6) is 4.97. The quantitative estimate of drug-likeness (QED) is 0.250. The molecule has 0 bridgehead atoms. The SMILES string of the molecule is O=C(O)[C@@H](CC#Cc1ccccc1)OCNS(=O)(=O)c1ccc(-c2ccc(OC=S)cc2)cc1. The fourth-order valence-electron chi connectivity index (χ4n) is 2.89. The molecule has 0 heterocycles. The van der Waals surface area contributed by atoms with E-state index in [-0.39, 0.29) is 11.3 Å². The van der Waals surface area contributed by atoms with E-state index in [0.29, 0.717) is 5.75 Å². The van der Waals surface area contributed by atoms with Crippen LogP contribution in [-0.4, -0.2) is 37.9 Å². The first-order chi connectivity index (χ1) is 16.4. The average Bonchev–Trinajstić information content (AvgIpc) is 2.84. The smallest absolute Gasteiger partial charge is 0.333 e. The maximum Gasteiger partial charge on any atom is 0.333 e. The van der Waals surface area contributed by atoms with E-state index in [0.717, 1.165) is 16.7 Å². The summed E-state index contributed by atoms with van der Waals surface area (Å²) in [6.45, 7) is -0.505. The van der Waals surface area contributed by atoms with E-state index in [2.05, 4.69) is 28.8 Å². The second-order valence-corrected chi connectivity index (χ2v) is 8.88. The van der Waals surface area contributed by atoms with Crippen molar-refractivity contribution in [1.29, 1.82) is 0 Å². The zero-order chi connectivity index (χ0) is 24.4. The van der Waals surface area contributed by atoms with Gasteiger partial charge in [-0.2, -0.15) is 4.72 Å². The van der Waals surface area contributed by atoms with Crippen LogP contribution >= 0.6 is 12.2 Å². The van der Waals surface area contributed by atoms with Crippen LogP contribution in [0.25, 0.3) is 11.1 Å². The lowest BCUT2D eigenvalue weighted by Crippen LogP contribution is -2.32. The Bertz CT molecular complexity index is 1280. The first-order valence-electron chi connectivity index (χ1n) is 10.1. The van der Waals surface area contributed by atoms with Gasteiger partial charge < -0.3 is 14.6 Å². The van der Waals surface area contributed by atoms with Crippen LogP contribution in [0.5, 0.6) is 5.75 Å². The molecule has 0 aliphatic carbocycles. The van der Waals surface area contributed by atoms with E-state index in [4.69, 9.17) is 9.47 Å². The first kappa shape index (κ1) is 25.1. The average molecular weight is 496 g/mol. The molecule has 7 nitrogen and oxygen atoms in total. The predicted molar refractivity (Wildman–Crippen MR) is 132 cm³/mol. The molecule has 0 spiro atoms. The first-order valence-corrected chi connectivity index (χ1v) is 12.0. The Labute approximate surface area is 203 Å². The molecule has 2 N–H and O–H groups in total. The number of thiocarbonyl (C=S) groups is 1. The number of ether oxygens (including phenoxy) is 2. The van der Waals surface area contributed by atoms with Crippen LogP contribution in [0.15, 0.2) is 83.8 Å². The Morgan fingerprint density at radius 2 is 1.62 bits per heavy atom. The molecule has 0 saturated heterocycles. The molecule has 3 aromatic carbocycles. The molecule has 0 unspecified atom stereocenters. The largest absolute Gasteiger partial charge is 0.479 e. The Balaban J connectivity index is 1.57. The van der Waals surface area contributed by atoms with Gasteiger partial charge in [0.05, 0.1) is 4.90 Å². The molecule has 0 saturated carbocycles. The number of nitrogens with one attached hydrogen (secondary N) is 1. The Morgan fingerprint density at radius 3 is 2.21 bits per heavy atom. The van der Waals surface area contributed by atoms with Gasteiger partial charge in [0, 0.05) is 12.0 Å². The predicted octanol–water partition coefficient (Wildman–Crippen LogP) is 3.84. The summed E-state index contributed by atoms with van der Waals surface area (Å²) in [4.78, 5) is 11.4. The summed E-state index contributed by atoms with van der Waals surface area (Å²) >= 11 is 4.65. The van der Waals surface area contributed by atoms with Crippen molar-refractivity contribution in [2.24, 2.45) is 0 Å². The van der Waals surface area contributed by atoms with E-state index in [1.165, 1.54) is 17.7 Å². The third-order valence-electron chi connectivity index (χ3n) is 4.64. The van der Waals surface area contributed by atoms with Gasteiger partial charge in [-0.3, -0.25) is 0 Å². The van der Waals surface area contributed by atoms with Crippen molar-refractivity contribution < 1.29 is 27.8 Å². The maximum absolute atomic E-state index is 12.6. The van der Waals surface area contributed by atoms with Crippen molar-refractivity contribution in [1.82, 2.24) is 4.72 Å². The molecule has 0 aliphatic heterocycles. The van der Waals surface area contributed by atoms with Crippen LogP contribution in [0, 0.1) is 11.8 Å². The van der Waals surface area contributed by atoms with E-state index in [9.17, 15) is 18.3 Å². The van der Waals surface area contributed by atoms with Gasteiger partial charge in [-0.1, -0.05) is 54.3 Å². The van der Waals surface area contributed by atoms with Crippen LogP contribution in [0.1, 0.15) is 12.0 Å². The third-order valence-corrected chi connectivity index (χ3v) is 6.13. The lowest BCUT2D eigenvalue weighted by atomic mass is 10.1. The number of carboxylic acid groups (broad SMARTS) is 1. The zero-order valence-electron chi connectivity index (χ0n) is 17.9. The van der Waals surface area contributed by atoms with Gasteiger partial charge in [0.25, 0.3) is 0 Å². The van der Waals surface area contributed by atoms with E-state index in [1.807, 2.05) is 30.3 Å². The molecule has 0 radical (unpaired) electrons. The van der Waals surface area contributed by atoms with Crippen molar-refractivity contribution in [3.63, 3.8) is 0 Å². The van der Waals surface area contributed by atoms with E-state index >= 15 is 0 Å². The molecule has 1 atom stereocenters. The molecule has 0 fully saturated rings. The molecule has 0 aromatic heterocycles. The number of benzene rings is 3. The number of rotatable bonds is 10. The lowest BCUT2D eigenvalue weighted by molar-refractivity contribution is -0.150. The third kappa shape index (κ3) is 7.23. The highest BCUT2D eigenvalue weighted by Gasteiger charge is 2.19. The summed E-state index contributed by atoms with van der Waals surface area (Å²) in [5, 5.41) is 9.32. The Kier molecular flexibility index (Phi) is 8.90. The standard InChI is InChI=1S/C25H21NO6S2/c27-25(28)24(8-4-7-19-5-2-1-3-6-19)31-17-26-34(29,30)23-15-11-21(12-16-23)20-9-13-22(14-10-20)32-18-33/h1-3,5-6,9-16,18,24,26H,8,17H2,(H,27,28)/t24-/m1/s1. The molecule has 174 valence electrons. The van der Waals surface area contributed by atoms with Gasteiger partial charge in [-0.25, -0.2) is 13.2 Å². The van der Waals surface area contributed by atoms with Crippen LogP contribution in [0.3, 0.4) is 0 Å². The monoisotopic (exact) mass is 495 g/mol. The number of aliphatic carboxylic acids is 1. The van der Waals surface area contributed by atoms with Crippen LogP contribution < -0.4 is 9.46 Å². The minimum Gasteiger partial charge on any atom is -0.479 e. The summed E-state index contributed by atoms with van der Waals surface area (Å²) < 4.78 is 37.7. The van der Waals surface area contributed by atoms with Gasteiger partial charge in [0.2, 0.25) is 10.0 Å². The van der Waals surface area contributed by atoms with Gasteiger partial charge in [-0.05, 0) is 59.7 Å². The van der Waals surface area contributed by atoms with Crippen LogP contribution in [-0.2, 0) is 19.6 Å². The Hall–Kier alpha value is -3.55. The van der Waals surface area contributed by atoms with Crippen molar-refractivity contribution in [3.8, 4) is 28.7 Å². The fraction of sp³-hybridized carbons (Fsp3) is 0.120. The minimum absolute atomic E-state index is 0.0243. The van der Waals surface area contributed by atoms with E-state index in [1.54, 1.807) is 36.4 Å². The number of sulfonamides is 1. The number of hydrogen-bond acceptors (Lipinski definition) is 6. The van der Waals surface area contributed by atoms with Gasteiger partial charge in [0.1, 0.15) is 12.5 Å².